The number of hydrogen-bond donors (Lipinski definition) is 1. The van der Waals surface area contributed by atoms with Gasteiger partial charge in [0.15, 0.2) is 0 Å². The molecule has 2 N–H and O–H groups in total. The lowest BCUT2D eigenvalue weighted by Crippen LogP contribution is -2.24. The first kappa shape index (κ1) is 13.9. The number of hydrogen-bond acceptors (Lipinski definition) is 2. The van der Waals surface area contributed by atoms with E-state index in [9.17, 15) is 4.39 Å². The van der Waals surface area contributed by atoms with Crippen LogP contribution in [0.15, 0.2) is 24.3 Å². The van der Waals surface area contributed by atoms with Crippen molar-refractivity contribution in [3.63, 3.8) is 0 Å². The van der Waals surface area contributed by atoms with E-state index in [1.165, 1.54) is 6.07 Å². The van der Waals surface area contributed by atoms with Crippen molar-refractivity contribution in [2.24, 2.45) is 5.73 Å². The molecule has 0 aliphatic carbocycles. The molecule has 0 aliphatic rings. The Morgan fingerprint density at radius 3 is 2.76 bits per heavy atom. The van der Waals surface area contributed by atoms with Gasteiger partial charge in [-0.15, -0.1) is 0 Å². The van der Waals surface area contributed by atoms with E-state index in [2.05, 4.69) is 11.8 Å². The van der Waals surface area contributed by atoms with Crippen molar-refractivity contribution >= 4 is 22.9 Å². The van der Waals surface area contributed by atoms with Gasteiger partial charge in [0.25, 0.3) is 0 Å². The zero-order chi connectivity index (χ0) is 12.7. The van der Waals surface area contributed by atoms with E-state index < -0.39 is 0 Å². The molecule has 0 unspecified atom stereocenters. The van der Waals surface area contributed by atoms with Crippen LogP contribution in [0.5, 0.6) is 0 Å². The third kappa shape index (κ3) is 5.13. The van der Waals surface area contributed by atoms with Crippen LogP contribution in [0.2, 0.25) is 0 Å². The van der Waals surface area contributed by atoms with Crippen LogP contribution < -0.4 is 10.6 Å². The van der Waals surface area contributed by atoms with Crippen molar-refractivity contribution in [1.29, 1.82) is 0 Å². The molecule has 0 aliphatic heterocycles. The van der Waals surface area contributed by atoms with Crippen LogP contribution in [0.4, 0.5) is 10.1 Å². The van der Waals surface area contributed by atoms with E-state index in [-0.39, 0.29) is 5.82 Å². The van der Waals surface area contributed by atoms with E-state index in [1.807, 2.05) is 6.07 Å². The molecule has 0 radical (unpaired) electrons. The summed E-state index contributed by atoms with van der Waals surface area (Å²) < 4.78 is 13.1. The average molecular weight is 254 g/mol. The van der Waals surface area contributed by atoms with Gasteiger partial charge in [-0.3, -0.25) is 0 Å². The van der Waals surface area contributed by atoms with Gasteiger partial charge >= 0.3 is 0 Å². The topological polar surface area (TPSA) is 29.3 Å². The minimum absolute atomic E-state index is 0.191. The molecule has 1 aromatic carbocycles. The van der Waals surface area contributed by atoms with Crippen LogP contribution in [0, 0.1) is 5.82 Å². The van der Waals surface area contributed by atoms with Gasteiger partial charge in [0.1, 0.15) is 5.82 Å². The van der Waals surface area contributed by atoms with Gasteiger partial charge < -0.3 is 10.6 Å². The monoisotopic (exact) mass is 254 g/mol. The normalized spacial score (nSPS) is 10.2. The van der Waals surface area contributed by atoms with Crippen molar-refractivity contribution < 1.29 is 4.39 Å². The molecular formula is C13H19FN2S. The quantitative estimate of drug-likeness (QED) is 0.599. The summed E-state index contributed by atoms with van der Waals surface area (Å²) >= 11 is 4.83. The van der Waals surface area contributed by atoms with Crippen molar-refractivity contribution in [3.8, 4) is 0 Å². The summed E-state index contributed by atoms with van der Waals surface area (Å²) in [6, 6.07) is 6.70. The summed E-state index contributed by atoms with van der Waals surface area (Å²) in [5.41, 5.74) is 6.37. The molecule has 0 amide bonds. The molecule has 0 heterocycles. The summed E-state index contributed by atoms with van der Waals surface area (Å²) in [6.07, 6.45) is 2.79. The fourth-order valence-corrected chi connectivity index (χ4v) is 1.89. The van der Waals surface area contributed by atoms with E-state index in [0.29, 0.717) is 4.99 Å². The Hall–Kier alpha value is -1.16. The molecule has 17 heavy (non-hydrogen) atoms. The van der Waals surface area contributed by atoms with Crippen LogP contribution in [0.3, 0.4) is 0 Å². The van der Waals surface area contributed by atoms with Crippen molar-refractivity contribution in [3.05, 3.63) is 30.1 Å². The van der Waals surface area contributed by atoms with Gasteiger partial charge in [0.05, 0.1) is 4.99 Å². The molecule has 0 aromatic heterocycles. The molecule has 0 fully saturated rings. The molecule has 0 atom stereocenters. The number of thiocarbonyl (C=S) groups is 1. The van der Waals surface area contributed by atoms with Crippen LogP contribution >= 0.6 is 12.2 Å². The highest BCUT2D eigenvalue weighted by Gasteiger charge is 2.04. The second-order valence-electron chi connectivity index (χ2n) is 3.98. The fraction of sp³-hybridized carbons (Fsp3) is 0.462. The van der Waals surface area contributed by atoms with Gasteiger partial charge in [0.2, 0.25) is 0 Å². The Labute approximate surface area is 108 Å². The SMILES string of the molecule is CCN(CCCCC(N)=S)c1cccc(F)c1. The minimum atomic E-state index is -0.191. The second kappa shape index (κ2) is 7.22. The maximum atomic E-state index is 13.1. The molecule has 1 aromatic rings. The maximum Gasteiger partial charge on any atom is 0.125 e. The lowest BCUT2D eigenvalue weighted by Gasteiger charge is -2.23. The number of halogens is 1. The molecule has 94 valence electrons. The van der Waals surface area contributed by atoms with Crippen LogP contribution in [-0.4, -0.2) is 18.1 Å². The number of unbranched alkanes of at least 4 members (excludes halogenated alkanes) is 1. The third-order valence-corrected chi connectivity index (χ3v) is 2.86. The number of nitrogens with zero attached hydrogens (tertiary/aromatic N) is 1. The zero-order valence-electron chi connectivity index (χ0n) is 10.2. The smallest absolute Gasteiger partial charge is 0.125 e. The molecule has 2 nitrogen and oxygen atoms in total. The highest BCUT2D eigenvalue weighted by Crippen LogP contribution is 2.16. The van der Waals surface area contributed by atoms with E-state index in [1.54, 1.807) is 12.1 Å². The first-order chi connectivity index (χ1) is 8.13. The maximum absolute atomic E-state index is 13.1. The summed E-state index contributed by atoms with van der Waals surface area (Å²) in [4.78, 5) is 2.72. The minimum Gasteiger partial charge on any atom is -0.393 e. The lowest BCUT2D eigenvalue weighted by molar-refractivity contribution is 0.625. The first-order valence-electron chi connectivity index (χ1n) is 5.92. The summed E-state index contributed by atoms with van der Waals surface area (Å²) in [5, 5.41) is 0. The highest BCUT2D eigenvalue weighted by atomic mass is 32.1. The van der Waals surface area contributed by atoms with Crippen LogP contribution in [-0.2, 0) is 0 Å². The molecule has 0 saturated carbocycles. The standard InChI is InChI=1S/C13H19FN2S/c1-2-16(9-4-3-8-13(15)17)12-7-5-6-11(14)10-12/h5-7,10H,2-4,8-9H2,1H3,(H2,15,17). The number of benzene rings is 1. The largest absolute Gasteiger partial charge is 0.393 e. The predicted molar refractivity (Wildman–Crippen MR) is 74.9 cm³/mol. The summed E-state index contributed by atoms with van der Waals surface area (Å²) in [5.74, 6) is -0.191. The van der Waals surface area contributed by atoms with Gasteiger partial charge in [-0.05, 0) is 44.4 Å². The Morgan fingerprint density at radius 2 is 2.18 bits per heavy atom. The van der Waals surface area contributed by atoms with Crippen LogP contribution in [0.25, 0.3) is 0 Å². The fourth-order valence-electron chi connectivity index (χ4n) is 1.74. The molecule has 0 bridgehead atoms. The third-order valence-electron chi connectivity index (χ3n) is 2.66. The molecule has 0 saturated heterocycles. The lowest BCUT2D eigenvalue weighted by atomic mass is 10.2. The van der Waals surface area contributed by atoms with Crippen molar-refractivity contribution in [1.82, 2.24) is 0 Å². The summed E-state index contributed by atoms with van der Waals surface area (Å²) in [7, 11) is 0. The highest BCUT2D eigenvalue weighted by molar-refractivity contribution is 7.80. The summed E-state index contributed by atoms with van der Waals surface area (Å²) in [6.45, 7) is 3.84. The van der Waals surface area contributed by atoms with E-state index in [4.69, 9.17) is 18.0 Å². The Morgan fingerprint density at radius 1 is 1.41 bits per heavy atom. The van der Waals surface area contributed by atoms with Gasteiger partial charge in [-0.1, -0.05) is 18.3 Å². The Bertz CT molecular complexity index is 368. The van der Waals surface area contributed by atoms with Crippen molar-refractivity contribution in [2.75, 3.05) is 18.0 Å². The van der Waals surface area contributed by atoms with Gasteiger partial charge in [-0.25, -0.2) is 4.39 Å². The Kier molecular flexibility index (Phi) is 5.91. The molecule has 4 heteroatoms. The molecular weight excluding hydrogens is 235 g/mol. The first-order valence-corrected chi connectivity index (χ1v) is 6.33. The predicted octanol–water partition coefficient (Wildman–Crippen LogP) is 3.11. The van der Waals surface area contributed by atoms with Gasteiger partial charge in [0, 0.05) is 18.8 Å². The van der Waals surface area contributed by atoms with Crippen LogP contribution in [0.1, 0.15) is 26.2 Å². The molecule has 0 spiro atoms. The molecule has 1 rings (SSSR count). The average Bonchev–Trinajstić information content (AvgIpc) is 2.29. The number of nitrogens with two attached hydrogens (primary N) is 1. The number of rotatable bonds is 7. The van der Waals surface area contributed by atoms with E-state index >= 15 is 0 Å². The van der Waals surface area contributed by atoms with Crippen molar-refractivity contribution in [2.45, 2.75) is 26.2 Å². The van der Waals surface area contributed by atoms with E-state index in [0.717, 1.165) is 38.0 Å². The van der Waals surface area contributed by atoms with Gasteiger partial charge in [-0.2, -0.15) is 0 Å². The Balaban J connectivity index is 2.45. The zero-order valence-corrected chi connectivity index (χ0v) is 11.0. The number of anilines is 1. The second-order valence-corrected chi connectivity index (χ2v) is 4.51.